The smallest absolute Gasteiger partial charge is 0.321 e. The molecule has 0 unspecified atom stereocenters. The Bertz CT molecular complexity index is 657. The molecule has 3 N–H and O–H groups in total. The third-order valence-electron chi connectivity index (χ3n) is 2.64. The summed E-state index contributed by atoms with van der Waals surface area (Å²) in [4.78, 5) is 29.9. The first-order chi connectivity index (χ1) is 10.6. The molecule has 0 aliphatic carbocycles. The number of rotatable bonds is 5. The second-order valence-corrected chi connectivity index (χ2v) is 5.27. The Hall–Kier alpha value is -2.35. The predicted molar refractivity (Wildman–Crippen MR) is 81.9 cm³/mol. The van der Waals surface area contributed by atoms with Crippen LogP contribution in [0.3, 0.4) is 0 Å². The molecule has 22 heavy (non-hydrogen) atoms. The minimum atomic E-state index is -0.514. The highest BCUT2D eigenvalue weighted by atomic mass is 32.2. The summed E-state index contributed by atoms with van der Waals surface area (Å²) in [7, 11) is 0. The maximum Gasteiger partial charge on any atom is 0.321 e. The molecule has 1 aromatic heterocycles. The standard InChI is InChI=1S/C14H15FN4O2S/c1-2-16-13(21)19-12(20)8-22-14-17-7-11(18-14)9-3-5-10(15)6-4-9/h3-7H,2,8H2,1H3,(H,17,18)(H2,16,19,20,21). The number of hydrogen-bond donors (Lipinski definition) is 3. The highest BCUT2D eigenvalue weighted by Crippen LogP contribution is 2.21. The Morgan fingerprint density at radius 2 is 2.05 bits per heavy atom. The van der Waals surface area contributed by atoms with Crippen molar-refractivity contribution in [3.05, 3.63) is 36.3 Å². The van der Waals surface area contributed by atoms with Crippen molar-refractivity contribution in [3.63, 3.8) is 0 Å². The first kappa shape index (κ1) is 16.0. The molecule has 0 aliphatic heterocycles. The quantitative estimate of drug-likeness (QED) is 0.736. The number of H-pyrrole nitrogens is 1. The van der Waals surface area contributed by atoms with Gasteiger partial charge in [-0.15, -0.1) is 0 Å². The number of nitrogens with one attached hydrogen (secondary N) is 3. The molecular formula is C14H15FN4O2S. The van der Waals surface area contributed by atoms with Crippen molar-refractivity contribution in [3.8, 4) is 11.3 Å². The van der Waals surface area contributed by atoms with Gasteiger partial charge >= 0.3 is 6.03 Å². The topological polar surface area (TPSA) is 86.9 Å². The number of imidazole rings is 1. The molecule has 2 rings (SSSR count). The number of benzene rings is 1. The molecule has 0 bridgehead atoms. The van der Waals surface area contributed by atoms with Crippen molar-refractivity contribution >= 4 is 23.7 Å². The van der Waals surface area contributed by atoms with Crippen molar-refractivity contribution in [2.45, 2.75) is 12.1 Å². The first-order valence-corrected chi connectivity index (χ1v) is 7.58. The van der Waals surface area contributed by atoms with Crippen molar-refractivity contribution in [1.29, 1.82) is 0 Å². The van der Waals surface area contributed by atoms with Gasteiger partial charge in [-0.2, -0.15) is 0 Å². The predicted octanol–water partition coefficient (Wildman–Crippen LogP) is 2.15. The lowest BCUT2D eigenvalue weighted by Crippen LogP contribution is -2.40. The molecule has 2 aromatic rings. The summed E-state index contributed by atoms with van der Waals surface area (Å²) in [6.07, 6.45) is 1.61. The van der Waals surface area contributed by atoms with Gasteiger partial charge in [0.2, 0.25) is 5.91 Å². The number of imide groups is 1. The lowest BCUT2D eigenvalue weighted by molar-refractivity contribution is -0.117. The van der Waals surface area contributed by atoms with E-state index in [9.17, 15) is 14.0 Å². The number of nitrogens with zero attached hydrogens (tertiary/aromatic N) is 1. The van der Waals surface area contributed by atoms with Crippen LogP contribution < -0.4 is 10.6 Å². The fraction of sp³-hybridized carbons (Fsp3) is 0.214. The molecule has 0 fully saturated rings. The van der Waals surface area contributed by atoms with Gasteiger partial charge in [0.25, 0.3) is 0 Å². The Balaban J connectivity index is 1.88. The molecule has 6 nitrogen and oxygen atoms in total. The van der Waals surface area contributed by atoms with Gasteiger partial charge in [0, 0.05) is 6.54 Å². The van der Waals surface area contributed by atoms with Gasteiger partial charge in [-0.3, -0.25) is 10.1 Å². The number of aromatic nitrogens is 2. The number of carbonyl (C=O) groups is 2. The second-order valence-electron chi connectivity index (χ2n) is 4.31. The van der Waals surface area contributed by atoms with E-state index in [0.29, 0.717) is 11.7 Å². The van der Waals surface area contributed by atoms with Crippen LogP contribution in [-0.4, -0.2) is 34.2 Å². The monoisotopic (exact) mass is 322 g/mol. The van der Waals surface area contributed by atoms with Crippen LogP contribution in [0.15, 0.2) is 35.6 Å². The summed E-state index contributed by atoms with van der Waals surface area (Å²) in [6.45, 7) is 2.21. The van der Waals surface area contributed by atoms with Crippen molar-refractivity contribution in [2.24, 2.45) is 0 Å². The molecule has 1 heterocycles. The van der Waals surface area contributed by atoms with Crippen LogP contribution in [0, 0.1) is 5.82 Å². The van der Waals surface area contributed by atoms with E-state index < -0.39 is 11.9 Å². The maximum atomic E-state index is 12.9. The highest BCUT2D eigenvalue weighted by molar-refractivity contribution is 7.99. The van der Waals surface area contributed by atoms with E-state index in [1.807, 2.05) is 0 Å². The van der Waals surface area contributed by atoms with E-state index >= 15 is 0 Å². The van der Waals surface area contributed by atoms with E-state index in [-0.39, 0.29) is 11.6 Å². The lowest BCUT2D eigenvalue weighted by Gasteiger charge is -2.03. The van der Waals surface area contributed by atoms with Gasteiger partial charge < -0.3 is 10.3 Å². The molecule has 1 aromatic carbocycles. The molecule has 0 radical (unpaired) electrons. The number of aromatic amines is 1. The summed E-state index contributed by atoms with van der Waals surface area (Å²) in [6, 6.07) is 5.49. The number of halogens is 1. The average molecular weight is 322 g/mol. The molecule has 0 spiro atoms. The Morgan fingerprint density at radius 3 is 2.73 bits per heavy atom. The summed E-state index contributed by atoms with van der Waals surface area (Å²) in [5.74, 6) is -0.649. The number of hydrogen-bond acceptors (Lipinski definition) is 4. The average Bonchev–Trinajstić information content (AvgIpc) is 2.95. The third-order valence-corrected chi connectivity index (χ3v) is 3.53. The second kappa shape index (κ2) is 7.60. The summed E-state index contributed by atoms with van der Waals surface area (Å²) in [5.41, 5.74) is 1.53. The van der Waals surface area contributed by atoms with Crippen LogP contribution >= 0.6 is 11.8 Å². The van der Waals surface area contributed by atoms with Crippen LogP contribution in [0.2, 0.25) is 0 Å². The normalized spacial score (nSPS) is 10.3. The van der Waals surface area contributed by atoms with Crippen molar-refractivity contribution in [1.82, 2.24) is 20.6 Å². The fourth-order valence-corrected chi connectivity index (χ4v) is 2.30. The minimum absolute atomic E-state index is 0.0630. The zero-order chi connectivity index (χ0) is 15.9. The van der Waals surface area contributed by atoms with Gasteiger partial charge in [0.15, 0.2) is 5.16 Å². The molecule has 8 heteroatoms. The fourth-order valence-electron chi connectivity index (χ4n) is 1.65. The van der Waals surface area contributed by atoms with Crippen molar-refractivity contribution in [2.75, 3.05) is 12.3 Å². The first-order valence-electron chi connectivity index (χ1n) is 6.60. The minimum Gasteiger partial charge on any atom is -0.338 e. The number of amides is 3. The molecule has 3 amide bonds. The van der Waals surface area contributed by atoms with Crippen LogP contribution in [0.25, 0.3) is 11.3 Å². The largest absolute Gasteiger partial charge is 0.338 e. The van der Waals surface area contributed by atoms with E-state index in [4.69, 9.17) is 0 Å². The number of urea groups is 1. The molecule has 0 saturated heterocycles. The van der Waals surface area contributed by atoms with E-state index in [0.717, 1.165) is 11.3 Å². The highest BCUT2D eigenvalue weighted by Gasteiger charge is 2.09. The Morgan fingerprint density at radius 1 is 1.32 bits per heavy atom. The molecule has 116 valence electrons. The zero-order valence-corrected chi connectivity index (χ0v) is 12.7. The van der Waals surface area contributed by atoms with E-state index in [1.165, 1.54) is 23.9 Å². The Kier molecular flexibility index (Phi) is 5.54. The van der Waals surface area contributed by atoms with Crippen LogP contribution in [0.5, 0.6) is 0 Å². The van der Waals surface area contributed by atoms with Crippen LogP contribution in [0.4, 0.5) is 9.18 Å². The van der Waals surface area contributed by atoms with Gasteiger partial charge in [0.1, 0.15) is 5.82 Å². The SMILES string of the molecule is CCNC(=O)NC(=O)CSc1ncc(-c2ccc(F)cc2)[nH]1. The summed E-state index contributed by atoms with van der Waals surface area (Å²) < 4.78 is 12.9. The van der Waals surface area contributed by atoms with Gasteiger partial charge in [-0.25, -0.2) is 14.2 Å². The van der Waals surface area contributed by atoms with E-state index in [1.54, 1.807) is 25.3 Å². The molecule has 0 saturated carbocycles. The molecular weight excluding hydrogens is 307 g/mol. The molecule has 0 aliphatic rings. The zero-order valence-electron chi connectivity index (χ0n) is 11.9. The van der Waals surface area contributed by atoms with Gasteiger partial charge in [-0.05, 0) is 36.8 Å². The number of carbonyl (C=O) groups excluding carboxylic acids is 2. The maximum absolute atomic E-state index is 12.9. The van der Waals surface area contributed by atoms with E-state index in [2.05, 4.69) is 20.6 Å². The van der Waals surface area contributed by atoms with Gasteiger partial charge in [-0.1, -0.05) is 11.8 Å². The van der Waals surface area contributed by atoms with Crippen LogP contribution in [-0.2, 0) is 4.79 Å². The lowest BCUT2D eigenvalue weighted by atomic mass is 10.2. The summed E-state index contributed by atoms with van der Waals surface area (Å²) in [5, 5.41) is 5.22. The van der Waals surface area contributed by atoms with Gasteiger partial charge in [0.05, 0.1) is 17.6 Å². The van der Waals surface area contributed by atoms with Crippen LogP contribution in [0.1, 0.15) is 6.92 Å². The third kappa shape index (κ3) is 4.59. The number of thioether (sulfide) groups is 1. The Labute approximate surface area is 130 Å². The van der Waals surface area contributed by atoms with Crippen molar-refractivity contribution < 1.29 is 14.0 Å². The molecule has 0 atom stereocenters. The summed E-state index contributed by atoms with van der Waals surface area (Å²) >= 11 is 1.17.